The average Bonchev–Trinajstić information content (AvgIpc) is 3.25. The predicted octanol–water partition coefficient (Wildman–Crippen LogP) is 3.83. The molecule has 0 spiro atoms. The Kier molecular flexibility index (Phi) is 7.85. The van der Waals surface area contributed by atoms with Crippen molar-refractivity contribution in [1.82, 2.24) is 15.5 Å². The fourth-order valence-corrected chi connectivity index (χ4v) is 4.49. The van der Waals surface area contributed by atoms with Gasteiger partial charge in [-0.05, 0) is 87.2 Å². The summed E-state index contributed by atoms with van der Waals surface area (Å²) in [6, 6.07) is 5.26. The number of carbonyl (C=O) groups excluding carboxylic acids is 1. The number of aromatic nitrogens is 2. The van der Waals surface area contributed by atoms with Crippen LogP contribution < -0.4 is 15.0 Å². The number of aliphatic hydroxyl groups excluding tert-OH is 1. The van der Waals surface area contributed by atoms with Crippen molar-refractivity contribution >= 4 is 11.9 Å². The molecule has 8 nitrogen and oxygen atoms in total. The quantitative estimate of drug-likeness (QED) is 0.524. The van der Waals surface area contributed by atoms with Crippen molar-refractivity contribution in [2.24, 2.45) is 5.92 Å². The summed E-state index contributed by atoms with van der Waals surface area (Å²) in [5, 5.41) is 16.1. The molecule has 4 rings (SSSR count). The molecular formula is C25H36N4O4. The molecule has 2 fully saturated rings. The molecule has 0 bridgehead atoms. The lowest BCUT2D eigenvalue weighted by Crippen LogP contribution is -2.35. The fourth-order valence-electron chi connectivity index (χ4n) is 4.49. The maximum absolute atomic E-state index is 12.3. The van der Waals surface area contributed by atoms with Crippen LogP contribution in [0.5, 0.6) is 5.75 Å². The van der Waals surface area contributed by atoms with Crippen LogP contribution in [0.25, 0.3) is 0 Å². The van der Waals surface area contributed by atoms with E-state index < -0.39 is 0 Å². The molecule has 2 aromatic rings. The summed E-state index contributed by atoms with van der Waals surface area (Å²) in [5.74, 6) is 3.37. The van der Waals surface area contributed by atoms with Gasteiger partial charge < -0.3 is 24.6 Å². The van der Waals surface area contributed by atoms with E-state index in [4.69, 9.17) is 14.4 Å². The van der Waals surface area contributed by atoms with E-state index in [1.807, 2.05) is 19.1 Å². The van der Waals surface area contributed by atoms with Crippen LogP contribution in [0.4, 0.5) is 5.95 Å². The highest BCUT2D eigenvalue weighted by Gasteiger charge is 2.28. The normalized spacial score (nSPS) is 18.1. The van der Waals surface area contributed by atoms with Crippen molar-refractivity contribution in [3.63, 3.8) is 0 Å². The number of ether oxygens (including phenoxy) is 1. The molecule has 2 aliphatic rings. The number of anilines is 1. The van der Waals surface area contributed by atoms with Gasteiger partial charge >= 0.3 is 0 Å². The fraction of sp³-hybridized carbons (Fsp3) is 0.640. The third-order valence-electron chi connectivity index (χ3n) is 6.90. The Morgan fingerprint density at radius 1 is 1.30 bits per heavy atom. The maximum Gasteiger partial charge on any atom is 0.266 e. The van der Waals surface area contributed by atoms with Crippen molar-refractivity contribution in [3.8, 4) is 5.75 Å². The summed E-state index contributed by atoms with van der Waals surface area (Å²) in [5.41, 5.74) is 1.47. The van der Waals surface area contributed by atoms with Gasteiger partial charge in [-0.2, -0.15) is 4.98 Å². The van der Waals surface area contributed by atoms with Gasteiger partial charge in [0.15, 0.2) is 0 Å². The molecule has 1 aliphatic carbocycles. The van der Waals surface area contributed by atoms with Crippen LogP contribution >= 0.6 is 0 Å². The number of hydrogen-bond donors (Lipinski definition) is 2. The lowest BCUT2D eigenvalue weighted by Gasteiger charge is -2.31. The molecular weight excluding hydrogens is 420 g/mol. The second-order valence-electron chi connectivity index (χ2n) is 9.52. The number of benzene rings is 1. The van der Waals surface area contributed by atoms with Crippen molar-refractivity contribution in [1.29, 1.82) is 0 Å². The molecule has 2 N–H and O–H groups in total. The Morgan fingerprint density at radius 3 is 2.76 bits per heavy atom. The van der Waals surface area contributed by atoms with Gasteiger partial charge in [-0.15, -0.1) is 0 Å². The predicted molar refractivity (Wildman–Crippen MR) is 126 cm³/mol. The van der Waals surface area contributed by atoms with Gasteiger partial charge in [0, 0.05) is 30.6 Å². The first-order valence-electron chi connectivity index (χ1n) is 12.3. The van der Waals surface area contributed by atoms with E-state index in [9.17, 15) is 4.79 Å². The molecule has 1 saturated carbocycles. The monoisotopic (exact) mass is 456 g/mol. The molecule has 33 heavy (non-hydrogen) atoms. The molecule has 1 aliphatic heterocycles. The molecule has 180 valence electrons. The van der Waals surface area contributed by atoms with Gasteiger partial charge in [0.25, 0.3) is 11.9 Å². The van der Waals surface area contributed by atoms with E-state index >= 15 is 0 Å². The van der Waals surface area contributed by atoms with E-state index in [0.29, 0.717) is 24.0 Å². The smallest absolute Gasteiger partial charge is 0.266 e. The Labute approximate surface area is 195 Å². The summed E-state index contributed by atoms with van der Waals surface area (Å²) < 4.78 is 11.4. The van der Waals surface area contributed by atoms with Crippen LogP contribution in [0.2, 0.25) is 0 Å². The van der Waals surface area contributed by atoms with Crippen molar-refractivity contribution in [3.05, 3.63) is 35.2 Å². The maximum atomic E-state index is 12.3. The van der Waals surface area contributed by atoms with Gasteiger partial charge in [0.1, 0.15) is 5.75 Å². The third kappa shape index (κ3) is 6.05. The Bertz CT molecular complexity index is 919. The summed E-state index contributed by atoms with van der Waals surface area (Å²) in [6.07, 6.45) is 8.05. The number of amides is 1. The molecule has 1 atom stereocenters. The van der Waals surface area contributed by atoms with E-state index in [-0.39, 0.29) is 18.6 Å². The second-order valence-corrected chi connectivity index (χ2v) is 9.52. The lowest BCUT2D eigenvalue weighted by atomic mass is 9.85. The first kappa shape index (κ1) is 23.5. The minimum atomic E-state index is -0.267. The SMILES string of the molecule is Cc1cc(OCCCC2CCN(c3noc(C4CCC4)n3)CC2)ccc1C(=O)NC(C)CO. The second kappa shape index (κ2) is 11.0. The zero-order valence-corrected chi connectivity index (χ0v) is 19.8. The highest BCUT2D eigenvalue weighted by Crippen LogP contribution is 2.36. The van der Waals surface area contributed by atoms with E-state index in [1.54, 1.807) is 13.0 Å². The van der Waals surface area contributed by atoms with Crippen molar-refractivity contribution in [2.75, 3.05) is 31.2 Å². The summed E-state index contributed by atoms with van der Waals surface area (Å²) in [7, 11) is 0. The van der Waals surface area contributed by atoms with Crippen LogP contribution in [0.3, 0.4) is 0 Å². The van der Waals surface area contributed by atoms with Gasteiger partial charge in [0.2, 0.25) is 5.89 Å². The molecule has 1 saturated heterocycles. The Morgan fingerprint density at radius 2 is 2.09 bits per heavy atom. The molecule has 1 aromatic carbocycles. The topological polar surface area (TPSA) is 101 Å². The largest absolute Gasteiger partial charge is 0.494 e. The van der Waals surface area contributed by atoms with Crippen LogP contribution in [0.15, 0.2) is 22.7 Å². The van der Waals surface area contributed by atoms with Crippen molar-refractivity contribution in [2.45, 2.75) is 70.8 Å². The van der Waals surface area contributed by atoms with Crippen LogP contribution in [-0.4, -0.2) is 53.5 Å². The number of carbonyl (C=O) groups is 1. The zero-order valence-electron chi connectivity index (χ0n) is 19.8. The average molecular weight is 457 g/mol. The number of hydrogen-bond acceptors (Lipinski definition) is 7. The Balaban J connectivity index is 1.15. The number of nitrogens with zero attached hydrogens (tertiary/aromatic N) is 3. The highest BCUT2D eigenvalue weighted by atomic mass is 16.5. The van der Waals surface area contributed by atoms with Crippen LogP contribution in [-0.2, 0) is 0 Å². The molecule has 0 radical (unpaired) electrons. The first-order chi connectivity index (χ1) is 16.0. The molecule has 2 heterocycles. The van der Waals surface area contributed by atoms with Gasteiger partial charge in [-0.3, -0.25) is 4.79 Å². The number of piperidine rings is 1. The van der Waals surface area contributed by atoms with Gasteiger partial charge in [-0.25, -0.2) is 0 Å². The van der Waals surface area contributed by atoms with Crippen LogP contribution in [0, 0.1) is 12.8 Å². The number of aliphatic hydroxyl groups is 1. The van der Waals surface area contributed by atoms with Gasteiger partial charge in [0.05, 0.1) is 13.2 Å². The third-order valence-corrected chi connectivity index (χ3v) is 6.90. The lowest BCUT2D eigenvalue weighted by molar-refractivity contribution is 0.0921. The summed E-state index contributed by atoms with van der Waals surface area (Å²) in [6.45, 7) is 6.22. The first-order valence-corrected chi connectivity index (χ1v) is 12.3. The highest BCUT2D eigenvalue weighted by molar-refractivity contribution is 5.95. The minimum absolute atomic E-state index is 0.0799. The van der Waals surface area contributed by atoms with Crippen molar-refractivity contribution < 1.29 is 19.2 Å². The van der Waals surface area contributed by atoms with Crippen LogP contribution in [0.1, 0.15) is 79.6 Å². The molecule has 8 heteroatoms. The minimum Gasteiger partial charge on any atom is -0.494 e. The number of nitrogens with one attached hydrogen (secondary N) is 1. The molecule has 1 unspecified atom stereocenters. The van der Waals surface area contributed by atoms with E-state index in [0.717, 1.165) is 61.9 Å². The number of rotatable bonds is 10. The van der Waals surface area contributed by atoms with E-state index in [1.165, 1.54) is 19.3 Å². The summed E-state index contributed by atoms with van der Waals surface area (Å²) >= 11 is 0. The number of aryl methyl sites for hydroxylation is 1. The molecule has 1 amide bonds. The zero-order chi connectivity index (χ0) is 23.2. The molecule has 1 aromatic heterocycles. The Hall–Kier alpha value is -2.61. The standard InChI is InChI=1S/C25H36N4O4/c1-17-15-21(8-9-22(17)23(31)26-18(2)16-30)32-14-4-5-19-10-12-29(13-11-19)25-27-24(33-28-25)20-6-3-7-20/h8-9,15,18-20,30H,3-7,10-14,16H2,1-2H3,(H,26,31). The summed E-state index contributed by atoms with van der Waals surface area (Å²) in [4.78, 5) is 19.1. The van der Waals surface area contributed by atoms with E-state index in [2.05, 4.69) is 20.4 Å². The van der Waals surface area contributed by atoms with Gasteiger partial charge in [-0.1, -0.05) is 6.42 Å².